The van der Waals surface area contributed by atoms with Gasteiger partial charge in [0.25, 0.3) is 5.91 Å². The van der Waals surface area contributed by atoms with E-state index in [1.807, 2.05) is 27.7 Å². The van der Waals surface area contributed by atoms with Gasteiger partial charge in [-0.2, -0.15) is 0 Å². The van der Waals surface area contributed by atoms with E-state index in [2.05, 4.69) is 21.2 Å². The summed E-state index contributed by atoms with van der Waals surface area (Å²) in [6.07, 6.45) is -0.0627. The molecule has 0 spiro atoms. The molecule has 140 valence electrons. The van der Waals surface area contributed by atoms with E-state index in [-0.39, 0.29) is 11.5 Å². The third-order valence-corrected chi connectivity index (χ3v) is 3.66. The van der Waals surface area contributed by atoms with Gasteiger partial charge in [-0.15, -0.1) is 0 Å². The van der Waals surface area contributed by atoms with Crippen LogP contribution in [0.3, 0.4) is 0 Å². The molecule has 7 heteroatoms. The van der Waals surface area contributed by atoms with Crippen LogP contribution in [0.15, 0.2) is 16.6 Å². The van der Waals surface area contributed by atoms with Crippen molar-refractivity contribution in [1.82, 2.24) is 5.32 Å². The van der Waals surface area contributed by atoms with Gasteiger partial charge in [0.15, 0.2) is 17.6 Å². The molecule has 1 aromatic rings. The van der Waals surface area contributed by atoms with Gasteiger partial charge in [-0.3, -0.25) is 4.79 Å². The zero-order valence-corrected chi connectivity index (χ0v) is 17.2. The normalized spacial score (nSPS) is 12.3. The van der Waals surface area contributed by atoms with Gasteiger partial charge in [-0.25, -0.2) is 4.79 Å². The minimum atomic E-state index is -0.910. The van der Waals surface area contributed by atoms with Crippen LogP contribution in [0.25, 0.3) is 0 Å². The Hall–Kier alpha value is -1.76. The topological polar surface area (TPSA) is 73.9 Å². The molecular weight excluding hydrogens is 390 g/mol. The molecule has 0 heterocycles. The van der Waals surface area contributed by atoms with E-state index in [1.54, 1.807) is 6.07 Å². The molecule has 0 saturated heterocycles. The molecule has 0 aliphatic rings. The number of hydrogen-bond donors (Lipinski definition) is 1. The second-order valence-electron chi connectivity index (χ2n) is 6.62. The molecule has 1 rings (SSSR count). The molecule has 25 heavy (non-hydrogen) atoms. The summed E-state index contributed by atoms with van der Waals surface area (Å²) in [6, 6.07) is 3.12. The molecule has 0 aliphatic carbocycles. The SMILES string of the molecule is CCCOc1c(Br)cc(C(=O)O[C@@H](C)C(=O)NC(C)(C)C)cc1OC. The van der Waals surface area contributed by atoms with Crippen LogP contribution in [0.1, 0.15) is 51.4 Å². The van der Waals surface area contributed by atoms with E-state index < -0.39 is 17.6 Å². The fourth-order valence-corrected chi connectivity index (χ4v) is 2.49. The summed E-state index contributed by atoms with van der Waals surface area (Å²) in [6.45, 7) is 9.63. The maximum Gasteiger partial charge on any atom is 0.339 e. The van der Waals surface area contributed by atoms with Crippen molar-refractivity contribution in [2.24, 2.45) is 0 Å². The van der Waals surface area contributed by atoms with E-state index in [4.69, 9.17) is 14.2 Å². The molecule has 0 bridgehead atoms. The fraction of sp³-hybridized carbons (Fsp3) is 0.556. The Morgan fingerprint density at radius 3 is 2.44 bits per heavy atom. The maximum atomic E-state index is 12.4. The first-order chi connectivity index (χ1) is 11.6. The minimum absolute atomic E-state index is 0.267. The predicted octanol–water partition coefficient (Wildman–Crippen LogP) is 3.71. The van der Waals surface area contributed by atoms with Gasteiger partial charge in [0.2, 0.25) is 0 Å². The molecule has 0 aliphatic heterocycles. The van der Waals surface area contributed by atoms with Gasteiger partial charge < -0.3 is 19.5 Å². The first-order valence-electron chi connectivity index (χ1n) is 8.12. The van der Waals surface area contributed by atoms with Crippen LogP contribution in [-0.4, -0.2) is 37.2 Å². The Morgan fingerprint density at radius 1 is 1.28 bits per heavy atom. The third kappa shape index (κ3) is 6.57. The second kappa shape index (κ2) is 9.08. The fourth-order valence-electron chi connectivity index (χ4n) is 1.94. The van der Waals surface area contributed by atoms with Crippen molar-refractivity contribution in [1.29, 1.82) is 0 Å². The molecule has 0 radical (unpaired) electrons. The van der Waals surface area contributed by atoms with Crippen LogP contribution in [0.5, 0.6) is 11.5 Å². The maximum absolute atomic E-state index is 12.4. The predicted molar refractivity (Wildman–Crippen MR) is 99.3 cm³/mol. The number of ether oxygens (including phenoxy) is 3. The highest BCUT2D eigenvalue weighted by atomic mass is 79.9. The zero-order chi connectivity index (χ0) is 19.2. The minimum Gasteiger partial charge on any atom is -0.493 e. The molecule has 0 unspecified atom stereocenters. The van der Waals surface area contributed by atoms with Crippen LogP contribution in [-0.2, 0) is 9.53 Å². The Labute approximate surface area is 157 Å². The number of methoxy groups -OCH3 is 1. The Kier molecular flexibility index (Phi) is 7.73. The molecule has 1 amide bonds. The Balaban J connectivity index is 2.91. The van der Waals surface area contributed by atoms with E-state index >= 15 is 0 Å². The van der Waals surface area contributed by atoms with Crippen molar-refractivity contribution >= 4 is 27.8 Å². The van der Waals surface area contributed by atoms with Gasteiger partial charge in [0, 0.05) is 5.54 Å². The number of amides is 1. The van der Waals surface area contributed by atoms with Gasteiger partial charge in [0.05, 0.1) is 23.8 Å². The number of esters is 1. The average Bonchev–Trinajstić information content (AvgIpc) is 2.51. The summed E-state index contributed by atoms with van der Waals surface area (Å²) in [5.74, 6) is -0.0200. The van der Waals surface area contributed by atoms with Crippen molar-refractivity contribution < 1.29 is 23.8 Å². The lowest BCUT2D eigenvalue weighted by atomic mass is 10.1. The largest absolute Gasteiger partial charge is 0.493 e. The van der Waals surface area contributed by atoms with Gasteiger partial charge in [-0.05, 0) is 62.2 Å². The van der Waals surface area contributed by atoms with Crippen LogP contribution < -0.4 is 14.8 Å². The molecule has 1 N–H and O–H groups in total. The van der Waals surface area contributed by atoms with E-state index in [0.717, 1.165) is 6.42 Å². The third-order valence-electron chi connectivity index (χ3n) is 3.07. The van der Waals surface area contributed by atoms with Crippen molar-refractivity contribution in [3.05, 3.63) is 22.2 Å². The molecule has 1 aromatic carbocycles. The highest BCUT2D eigenvalue weighted by Crippen LogP contribution is 2.37. The quantitative estimate of drug-likeness (QED) is 0.687. The zero-order valence-electron chi connectivity index (χ0n) is 15.6. The summed E-state index contributed by atoms with van der Waals surface area (Å²) in [5, 5.41) is 2.77. The number of nitrogens with one attached hydrogen (secondary N) is 1. The summed E-state index contributed by atoms with van der Waals surface area (Å²) in [5.41, 5.74) is -0.134. The van der Waals surface area contributed by atoms with Gasteiger partial charge >= 0.3 is 5.97 Å². The second-order valence-corrected chi connectivity index (χ2v) is 7.48. The highest BCUT2D eigenvalue weighted by Gasteiger charge is 2.24. The van der Waals surface area contributed by atoms with Crippen molar-refractivity contribution in [3.8, 4) is 11.5 Å². The van der Waals surface area contributed by atoms with E-state index in [9.17, 15) is 9.59 Å². The van der Waals surface area contributed by atoms with Crippen LogP contribution in [0.4, 0.5) is 0 Å². The standard InChI is InChI=1S/C18H26BrNO5/c1-7-8-24-15-13(19)9-12(10-14(15)23-6)17(22)25-11(2)16(21)20-18(3,4)5/h9-11H,7-8H2,1-6H3,(H,20,21)/t11-/m0/s1. The first-order valence-corrected chi connectivity index (χ1v) is 8.91. The first kappa shape index (κ1) is 21.3. The molecule has 0 saturated carbocycles. The molecule has 0 aromatic heterocycles. The van der Waals surface area contributed by atoms with Crippen molar-refractivity contribution in [2.45, 2.75) is 52.7 Å². The number of benzene rings is 1. The lowest BCUT2D eigenvalue weighted by Gasteiger charge is -2.23. The molecular formula is C18H26BrNO5. The Bertz CT molecular complexity index is 625. The Morgan fingerprint density at radius 2 is 1.92 bits per heavy atom. The van der Waals surface area contributed by atoms with Gasteiger partial charge in [0.1, 0.15) is 0 Å². The number of carbonyl (C=O) groups excluding carboxylic acids is 2. The summed E-state index contributed by atoms with van der Waals surface area (Å²) >= 11 is 3.38. The number of halogens is 1. The van der Waals surface area contributed by atoms with E-state index in [1.165, 1.54) is 20.1 Å². The number of hydrogen-bond acceptors (Lipinski definition) is 5. The van der Waals surface area contributed by atoms with Gasteiger partial charge in [-0.1, -0.05) is 6.92 Å². The van der Waals surface area contributed by atoms with Crippen LogP contribution >= 0.6 is 15.9 Å². The summed E-state index contributed by atoms with van der Waals surface area (Å²) in [4.78, 5) is 24.4. The summed E-state index contributed by atoms with van der Waals surface area (Å²) in [7, 11) is 1.50. The van der Waals surface area contributed by atoms with Crippen molar-refractivity contribution in [2.75, 3.05) is 13.7 Å². The summed E-state index contributed by atoms with van der Waals surface area (Å²) < 4.78 is 16.8. The number of rotatable bonds is 7. The van der Waals surface area contributed by atoms with Crippen LogP contribution in [0.2, 0.25) is 0 Å². The monoisotopic (exact) mass is 415 g/mol. The number of carbonyl (C=O) groups is 2. The lowest BCUT2D eigenvalue weighted by Crippen LogP contribution is -2.46. The average molecular weight is 416 g/mol. The lowest BCUT2D eigenvalue weighted by molar-refractivity contribution is -0.130. The van der Waals surface area contributed by atoms with E-state index in [0.29, 0.717) is 22.6 Å². The highest BCUT2D eigenvalue weighted by molar-refractivity contribution is 9.10. The molecule has 6 nitrogen and oxygen atoms in total. The molecule has 1 atom stereocenters. The van der Waals surface area contributed by atoms with Crippen LogP contribution in [0, 0.1) is 0 Å². The smallest absolute Gasteiger partial charge is 0.339 e. The molecule has 0 fully saturated rings. The van der Waals surface area contributed by atoms with Crippen molar-refractivity contribution in [3.63, 3.8) is 0 Å².